The van der Waals surface area contributed by atoms with E-state index in [-0.39, 0.29) is 6.04 Å². The quantitative estimate of drug-likeness (QED) is 0.797. The minimum Gasteiger partial charge on any atom is -0.388 e. The van der Waals surface area contributed by atoms with Crippen molar-refractivity contribution in [2.24, 2.45) is 5.73 Å². The molecule has 16 heavy (non-hydrogen) atoms. The van der Waals surface area contributed by atoms with E-state index in [4.69, 9.17) is 5.73 Å². The first-order chi connectivity index (χ1) is 7.57. The molecule has 1 fully saturated rings. The van der Waals surface area contributed by atoms with Crippen LogP contribution >= 0.6 is 15.9 Å². The Morgan fingerprint density at radius 2 is 2.38 bits per heavy atom. The lowest BCUT2D eigenvalue weighted by molar-refractivity contribution is 0.0601. The molecule has 1 aliphatic rings. The molecule has 4 heteroatoms. The molecule has 0 amide bonds. The minimum absolute atomic E-state index is 0.148. The summed E-state index contributed by atoms with van der Waals surface area (Å²) in [5.74, 6) is 0. The third-order valence-corrected chi connectivity index (χ3v) is 3.56. The average Bonchev–Trinajstić information content (AvgIpc) is 2.57. The number of hydrogen-bond donors (Lipinski definition) is 3. The smallest absolute Gasteiger partial charge is 0.0834 e. The van der Waals surface area contributed by atoms with Crippen LogP contribution in [0.25, 0.3) is 0 Å². The lowest BCUT2D eigenvalue weighted by Gasteiger charge is -2.23. The first kappa shape index (κ1) is 11.9. The standard InChI is InChI=1S/C12H17BrN2O/c13-9-2-1-3-11(6-9)15-8-12(16)5-4-10(14)7-12/h1-3,6,10,15-16H,4-5,7-8,14H2. The average molecular weight is 285 g/mol. The van der Waals surface area contributed by atoms with Crippen molar-refractivity contribution in [2.75, 3.05) is 11.9 Å². The van der Waals surface area contributed by atoms with Crippen molar-refractivity contribution in [2.45, 2.75) is 30.9 Å². The normalized spacial score (nSPS) is 29.3. The zero-order valence-corrected chi connectivity index (χ0v) is 10.7. The summed E-state index contributed by atoms with van der Waals surface area (Å²) in [4.78, 5) is 0. The molecule has 2 unspecified atom stereocenters. The Labute approximate surface area is 104 Å². The molecular weight excluding hydrogens is 268 g/mol. The van der Waals surface area contributed by atoms with Gasteiger partial charge in [0.25, 0.3) is 0 Å². The monoisotopic (exact) mass is 284 g/mol. The summed E-state index contributed by atoms with van der Waals surface area (Å²) in [5, 5.41) is 13.5. The van der Waals surface area contributed by atoms with E-state index in [1.165, 1.54) is 0 Å². The number of nitrogens with one attached hydrogen (secondary N) is 1. The molecule has 0 heterocycles. The van der Waals surface area contributed by atoms with Crippen molar-refractivity contribution >= 4 is 21.6 Å². The van der Waals surface area contributed by atoms with Gasteiger partial charge >= 0.3 is 0 Å². The molecule has 4 N–H and O–H groups in total. The van der Waals surface area contributed by atoms with Crippen molar-refractivity contribution in [3.8, 4) is 0 Å². The number of rotatable bonds is 3. The maximum atomic E-state index is 10.2. The van der Waals surface area contributed by atoms with Gasteiger partial charge in [0.15, 0.2) is 0 Å². The highest BCUT2D eigenvalue weighted by Crippen LogP contribution is 2.29. The first-order valence-electron chi connectivity index (χ1n) is 5.55. The number of anilines is 1. The maximum Gasteiger partial charge on any atom is 0.0834 e. The summed E-state index contributed by atoms with van der Waals surface area (Å²) < 4.78 is 1.03. The van der Waals surface area contributed by atoms with Crippen molar-refractivity contribution < 1.29 is 5.11 Å². The van der Waals surface area contributed by atoms with Gasteiger partial charge in [-0.05, 0) is 37.5 Å². The van der Waals surface area contributed by atoms with E-state index in [1.54, 1.807) is 0 Å². The second kappa shape index (κ2) is 4.73. The van der Waals surface area contributed by atoms with Crippen molar-refractivity contribution in [3.05, 3.63) is 28.7 Å². The van der Waals surface area contributed by atoms with Crippen molar-refractivity contribution in [1.29, 1.82) is 0 Å². The summed E-state index contributed by atoms with van der Waals surface area (Å²) in [6.07, 6.45) is 2.39. The van der Waals surface area contributed by atoms with E-state index in [0.717, 1.165) is 23.0 Å². The summed E-state index contributed by atoms with van der Waals surface area (Å²) >= 11 is 3.42. The fourth-order valence-electron chi connectivity index (χ4n) is 2.17. The second-order valence-corrected chi connectivity index (χ2v) is 5.51. The topological polar surface area (TPSA) is 58.3 Å². The van der Waals surface area contributed by atoms with Crippen LogP contribution in [0.2, 0.25) is 0 Å². The molecule has 1 aromatic carbocycles. The Bertz CT molecular complexity index is 372. The van der Waals surface area contributed by atoms with E-state index in [9.17, 15) is 5.11 Å². The maximum absolute atomic E-state index is 10.2. The molecule has 0 saturated heterocycles. The molecule has 1 saturated carbocycles. The van der Waals surface area contributed by atoms with Crippen LogP contribution in [-0.2, 0) is 0 Å². The molecule has 0 bridgehead atoms. The Kier molecular flexibility index (Phi) is 3.52. The molecule has 0 aliphatic heterocycles. The third-order valence-electron chi connectivity index (χ3n) is 3.07. The molecular formula is C12H17BrN2O. The highest BCUT2D eigenvalue weighted by atomic mass is 79.9. The van der Waals surface area contributed by atoms with Crippen LogP contribution in [-0.4, -0.2) is 23.3 Å². The fraction of sp³-hybridized carbons (Fsp3) is 0.500. The van der Waals surface area contributed by atoms with Gasteiger partial charge in [-0.25, -0.2) is 0 Å². The molecule has 0 aromatic heterocycles. The zero-order valence-electron chi connectivity index (χ0n) is 9.12. The van der Waals surface area contributed by atoms with Crippen LogP contribution in [0.4, 0.5) is 5.69 Å². The van der Waals surface area contributed by atoms with Gasteiger partial charge in [-0.3, -0.25) is 0 Å². The fourth-order valence-corrected chi connectivity index (χ4v) is 2.57. The number of benzene rings is 1. The van der Waals surface area contributed by atoms with Crippen LogP contribution in [0.5, 0.6) is 0 Å². The predicted octanol–water partition coefficient (Wildman–Crippen LogP) is 2.10. The van der Waals surface area contributed by atoms with Crippen LogP contribution in [0, 0.1) is 0 Å². The van der Waals surface area contributed by atoms with Gasteiger partial charge in [0.05, 0.1) is 5.60 Å². The predicted molar refractivity (Wildman–Crippen MR) is 69.4 cm³/mol. The molecule has 1 aromatic rings. The van der Waals surface area contributed by atoms with Crippen LogP contribution < -0.4 is 11.1 Å². The molecule has 88 valence electrons. The Morgan fingerprint density at radius 1 is 1.56 bits per heavy atom. The van der Waals surface area contributed by atoms with E-state index >= 15 is 0 Å². The van der Waals surface area contributed by atoms with Crippen molar-refractivity contribution in [3.63, 3.8) is 0 Å². The molecule has 2 atom stereocenters. The highest BCUT2D eigenvalue weighted by molar-refractivity contribution is 9.10. The third kappa shape index (κ3) is 2.97. The van der Waals surface area contributed by atoms with Gasteiger partial charge in [-0.15, -0.1) is 0 Å². The summed E-state index contributed by atoms with van der Waals surface area (Å²) in [6.45, 7) is 0.567. The zero-order chi connectivity index (χ0) is 11.6. The van der Waals surface area contributed by atoms with Crippen LogP contribution in [0.3, 0.4) is 0 Å². The Balaban J connectivity index is 1.92. The van der Waals surface area contributed by atoms with E-state index in [1.807, 2.05) is 24.3 Å². The lowest BCUT2D eigenvalue weighted by Crippen LogP contribution is -2.35. The van der Waals surface area contributed by atoms with Gasteiger partial charge in [-0.1, -0.05) is 22.0 Å². The van der Waals surface area contributed by atoms with Crippen LogP contribution in [0.15, 0.2) is 28.7 Å². The highest BCUT2D eigenvalue weighted by Gasteiger charge is 2.35. The Hall–Kier alpha value is -0.580. The second-order valence-electron chi connectivity index (χ2n) is 4.59. The molecule has 0 radical (unpaired) electrons. The number of halogens is 1. The lowest BCUT2D eigenvalue weighted by atomic mass is 10.0. The van der Waals surface area contributed by atoms with Gasteiger partial charge in [0, 0.05) is 22.7 Å². The molecule has 2 rings (SSSR count). The SMILES string of the molecule is NC1CCC(O)(CNc2cccc(Br)c2)C1. The summed E-state index contributed by atoms with van der Waals surface area (Å²) in [7, 11) is 0. The van der Waals surface area contributed by atoms with Gasteiger partial charge < -0.3 is 16.2 Å². The number of nitrogens with two attached hydrogens (primary N) is 1. The van der Waals surface area contributed by atoms with Gasteiger partial charge in [0.2, 0.25) is 0 Å². The molecule has 1 aliphatic carbocycles. The van der Waals surface area contributed by atoms with E-state index < -0.39 is 5.60 Å². The first-order valence-corrected chi connectivity index (χ1v) is 6.34. The summed E-state index contributed by atoms with van der Waals surface area (Å²) in [5.41, 5.74) is 6.19. The van der Waals surface area contributed by atoms with E-state index in [2.05, 4.69) is 21.2 Å². The van der Waals surface area contributed by atoms with Gasteiger partial charge in [-0.2, -0.15) is 0 Å². The largest absolute Gasteiger partial charge is 0.388 e. The van der Waals surface area contributed by atoms with Gasteiger partial charge in [0.1, 0.15) is 0 Å². The van der Waals surface area contributed by atoms with E-state index in [0.29, 0.717) is 13.0 Å². The number of hydrogen-bond acceptors (Lipinski definition) is 3. The molecule has 0 spiro atoms. The number of aliphatic hydroxyl groups is 1. The van der Waals surface area contributed by atoms with Crippen LogP contribution in [0.1, 0.15) is 19.3 Å². The summed E-state index contributed by atoms with van der Waals surface area (Å²) in [6, 6.07) is 8.08. The minimum atomic E-state index is -0.637. The molecule has 3 nitrogen and oxygen atoms in total. The van der Waals surface area contributed by atoms with Crippen molar-refractivity contribution in [1.82, 2.24) is 0 Å². The Morgan fingerprint density at radius 3 is 3.00 bits per heavy atom.